The highest BCUT2D eigenvalue weighted by atomic mass is 31.2. The lowest BCUT2D eigenvalue weighted by Crippen LogP contribution is -2.59. The molecule has 8 N–H and O–H groups in total. The number of aliphatic hydroxyl groups is 4. The molecule has 0 fully saturated rings. The van der Waals surface area contributed by atoms with Crippen LogP contribution in [0.25, 0.3) is 0 Å². The Morgan fingerprint density at radius 1 is 0.314 bits per heavy atom. The Morgan fingerprint density at radius 2 is 0.500 bits per heavy atom. The molecule has 1 unspecified atom stereocenters. The molecule has 0 spiro atoms. The van der Waals surface area contributed by atoms with Gasteiger partial charge in [0, 0.05) is 0 Å². The van der Waals surface area contributed by atoms with E-state index in [1.807, 2.05) is 0 Å². The molecule has 0 aromatic carbocycles. The van der Waals surface area contributed by atoms with Crippen LogP contribution in [0.15, 0.2) is 0 Å². The standard InChI is InChI=1S/C59H120O4.H4O5P2/c1-4-7-10-13-16-19-22-25-28-31-34-37-40-43-46-49-52-57(62)58(55-60,56-61)59(63,53-50-47-44-41-38-35-32-29-26-23-20-17-14-11-8-5-2)54-51-48-45-42-39-36-33-30-27-24-21-18-15-12-9-6-3;1-6(2)5-7(3)4/h57,60-63H,4-56H2,1-3H3;1-4H. The first kappa shape index (κ1) is 72.6. The van der Waals surface area contributed by atoms with Gasteiger partial charge in [-0.1, -0.05) is 329 Å². The van der Waals surface area contributed by atoms with Crippen molar-refractivity contribution in [3.05, 3.63) is 0 Å². The summed E-state index contributed by atoms with van der Waals surface area (Å²) in [4.78, 5) is 31.3. The maximum atomic E-state index is 12.5. The number of rotatable bonds is 57. The first-order valence-corrected chi connectivity index (χ1v) is 33.1. The minimum atomic E-state index is -2.61. The molecule has 0 heterocycles. The fourth-order valence-electron chi connectivity index (χ4n) is 10.6. The van der Waals surface area contributed by atoms with Gasteiger partial charge in [-0.25, -0.2) is 4.31 Å². The average Bonchev–Trinajstić information content (AvgIpc) is 3.34. The molecule has 0 bridgehead atoms. The van der Waals surface area contributed by atoms with E-state index in [9.17, 15) is 20.4 Å². The van der Waals surface area contributed by atoms with Crippen LogP contribution in [0.2, 0.25) is 0 Å². The highest BCUT2D eigenvalue weighted by Crippen LogP contribution is 2.44. The molecule has 0 rings (SSSR count). The van der Waals surface area contributed by atoms with Gasteiger partial charge in [0.25, 0.3) is 0 Å². The van der Waals surface area contributed by atoms with Crippen LogP contribution >= 0.6 is 17.2 Å². The highest BCUT2D eigenvalue weighted by molar-refractivity contribution is 7.53. The summed E-state index contributed by atoms with van der Waals surface area (Å²) in [6.45, 7) is 6.14. The van der Waals surface area contributed by atoms with E-state index in [4.69, 9.17) is 19.6 Å². The molecule has 1 atom stereocenters. The van der Waals surface area contributed by atoms with E-state index in [0.29, 0.717) is 19.3 Å². The van der Waals surface area contributed by atoms with Gasteiger partial charge in [-0.2, -0.15) is 0 Å². The lowest BCUT2D eigenvalue weighted by Gasteiger charge is -2.48. The molecule has 0 aliphatic heterocycles. The van der Waals surface area contributed by atoms with Crippen molar-refractivity contribution in [2.75, 3.05) is 13.2 Å². The third kappa shape index (κ3) is 47.0. The SMILES string of the molecule is CCCCCCCCCCCCCCCCCCC(O)C(CO)(CO)C(O)(CCCCCCCCCCCCCCCCCC)CCCCCCCCCCCCCCCCCC.OP(O)OP(O)O. The first-order chi connectivity index (χ1) is 34.1. The molecule has 0 aliphatic rings. The van der Waals surface area contributed by atoms with E-state index in [-0.39, 0.29) is 13.2 Å². The normalized spacial score (nSPS) is 12.6. The van der Waals surface area contributed by atoms with Gasteiger partial charge in [0.15, 0.2) is 0 Å². The van der Waals surface area contributed by atoms with Crippen molar-refractivity contribution in [1.82, 2.24) is 0 Å². The number of hydrogen-bond donors (Lipinski definition) is 8. The quantitative estimate of drug-likeness (QED) is 0.0218. The van der Waals surface area contributed by atoms with Crippen molar-refractivity contribution in [3.8, 4) is 0 Å². The Morgan fingerprint density at radius 3 is 0.671 bits per heavy atom. The second-order valence-electron chi connectivity index (χ2n) is 21.8. The first-order valence-electron chi connectivity index (χ1n) is 30.8. The molecular weight excluding hydrogens is 915 g/mol. The van der Waals surface area contributed by atoms with E-state index in [1.165, 1.54) is 270 Å². The Balaban J connectivity index is 0. The highest BCUT2D eigenvalue weighted by Gasteiger charge is 2.53. The zero-order valence-corrected chi connectivity index (χ0v) is 48.7. The second kappa shape index (κ2) is 57.2. The molecule has 0 radical (unpaired) electrons. The summed E-state index contributed by atoms with van der Waals surface area (Å²) >= 11 is 0. The molecule has 0 aromatic heterocycles. The van der Waals surface area contributed by atoms with E-state index in [0.717, 1.165) is 38.5 Å². The van der Waals surface area contributed by atoms with E-state index >= 15 is 0 Å². The average molecular weight is 1040 g/mol. The molecule has 0 aliphatic carbocycles. The summed E-state index contributed by atoms with van der Waals surface area (Å²) in [5, 5.41) is 46.0. The largest absolute Gasteiger partial charge is 0.395 e. The lowest BCUT2D eigenvalue weighted by molar-refractivity contribution is -0.193. The van der Waals surface area contributed by atoms with Gasteiger partial charge >= 0.3 is 17.2 Å². The topological polar surface area (TPSA) is 171 Å². The van der Waals surface area contributed by atoms with Crippen molar-refractivity contribution in [2.24, 2.45) is 5.41 Å². The molecule has 11 heteroatoms. The fraction of sp³-hybridized carbons (Fsp3) is 1.00. The lowest BCUT2D eigenvalue weighted by atomic mass is 9.63. The molecule has 70 heavy (non-hydrogen) atoms. The number of hydrogen-bond acceptors (Lipinski definition) is 9. The fourth-order valence-corrected chi connectivity index (χ4v) is 11.2. The zero-order chi connectivity index (χ0) is 51.9. The van der Waals surface area contributed by atoms with Gasteiger partial charge in [-0.05, 0) is 19.3 Å². The van der Waals surface area contributed by atoms with Gasteiger partial charge in [-0.15, -0.1) is 0 Å². The molecule has 0 aromatic rings. The summed E-state index contributed by atoms with van der Waals surface area (Å²) < 4.78 is 3.60. The van der Waals surface area contributed by atoms with Crippen LogP contribution in [0.1, 0.15) is 348 Å². The van der Waals surface area contributed by atoms with Crippen molar-refractivity contribution in [2.45, 2.75) is 360 Å². The summed E-state index contributed by atoms with van der Waals surface area (Å²) in [5.41, 5.74) is -2.52. The molecular formula is C59H124O9P2. The Kier molecular flexibility index (Phi) is 59.3. The molecule has 0 saturated heterocycles. The van der Waals surface area contributed by atoms with Crippen LogP contribution in [-0.4, -0.2) is 64.9 Å². The predicted octanol–water partition coefficient (Wildman–Crippen LogP) is 18.4. The maximum absolute atomic E-state index is 12.5. The summed E-state index contributed by atoms with van der Waals surface area (Å²) in [7, 11) is -5.22. The van der Waals surface area contributed by atoms with Gasteiger partial charge in [0.1, 0.15) is 0 Å². The van der Waals surface area contributed by atoms with Crippen LogP contribution in [0, 0.1) is 5.41 Å². The third-order valence-electron chi connectivity index (χ3n) is 15.5. The van der Waals surface area contributed by atoms with Crippen molar-refractivity contribution in [1.29, 1.82) is 0 Å². The van der Waals surface area contributed by atoms with Gasteiger partial charge in [-0.3, -0.25) is 0 Å². The predicted molar refractivity (Wildman–Crippen MR) is 304 cm³/mol. The molecule has 0 saturated carbocycles. The monoisotopic (exact) mass is 1040 g/mol. The van der Waals surface area contributed by atoms with E-state index < -0.39 is 34.3 Å². The van der Waals surface area contributed by atoms with Gasteiger partial charge in [0.2, 0.25) is 0 Å². The van der Waals surface area contributed by atoms with Gasteiger partial charge < -0.3 is 40.0 Å². The van der Waals surface area contributed by atoms with Crippen molar-refractivity contribution >= 4 is 17.2 Å². The minimum Gasteiger partial charge on any atom is -0.395 e. The summed E-state index contributed by atoms with van der Waals surface area (Å²) in [5.74, 6) is 0. The number of unbranched alkanes of at least 4 members (excludes halogenated alkanes) is 45. The van der Waals surface area contributed by atoms with Crippen molar-refractivity contribution in [3.63, 3.8) is 0 Å². The Hall–Kier alpha value is 0.500. The van der Waals surface area contributed by atoms with E-state index in [1.54, 1.807) is 0 Å². The van der Waals surface area contributed by atoms with Crippen LogP contribution in [0.5, 0.6) is 0 Å². The smallest absolute Gasteiger partial charge is 0.334 e. The Labute approximate surface area is 438 Å². The Bertz CT molecular complexity index is 932. The van der Waals surface area contributed by atoms with Crippen LogP contribution in [-0.2, 0) is 4.31 Å². The van der Waals surface area contributed by atoms with Gasteiger partial charge in [0.05, 0.1) is 30.3 Å². The molecule has 9 nitrogen and oxygen atoms in total. The zero-order valence-electron chi connectivity index (χ0n) is 46.9. The maximum Gasteiger partial charge on any atom is 0.334 e. The molecule has 0 amide bonds. The number of aliphatic hydroxyl groups excluding tert-OH is 3. The third-order valence-corrected chi connectivity index (χ3v) is 16.7. The summed E-state index contributed by atoms with van der Waals surface area (Å²) in [6.07, 6.45) is 63.7. The second-order valence-corrected chi connectivity index (χ2v) is 23.5. The minimum absolute atomic E-state index is 0.363. The van der Waals surface area contributed by atoms with Crippen LogP contribution in [0.4, 0.5) is 0 Å². The summed E-state index contributed by atoms with van der Waals surface area (Å²) in [6, 6.07) is 0. The van der Waals surface area contributed by atoms with Crippen LogP contribution < -0.4 is 0 Å². The van der Waals surface area contributed by atoms with Crippen molar-refractivity contribution < 1.29 is 44.3 Å². The van der Waals surface area contributed by atoms with Crippen LogP contribution in [0.3, 0.4) is 0 Å². The molecule has 424 valence electrons. The van der Waals surface area contributed by atoms with E-state index in [2.05, 4.69) is 25.1 Å².